The number of rotatable bonds is 2. The minimum absolute atomic E-state index is 0.299. The van der Waals surface area contributed by atoms with Crippen LogP contribution in [0.5, 0.6) is 5.75 Å². The highest BCUT2D eigenvalue weighted by Crippen LogP contribution is 2.25. The number of aromatic nitrogens is 1. The highest BCUT2D eigenvalue weighted by Gasteiger charge is 2.13. The van der Waals surface area contributed by atoms with Crippen LogP contribution in [0.4, 0.5) is 4.79 Å². The second-order valence-corrected chi connectivity index (χ2v) is 4.30. The van der Waals surface area contributed by atoms with E-state index in [1.54, 1.807) is 38.4 Å². The number of ether oxygens (including phenoxy) is 2. The van der Waals surface area contributed by atoms with Crippen LogP contribution in [0.15, 0.2) is 30.5 Å². The van der Waals surface area contributed by atoms with Gasteiger partial charge < -0.3 is 14.4 Å². The summed E-state index contributed by atoms with van der Waals surface area (Å²) in [5, 5.41) is 0.575. The first kappa shape index (κ1) is 13.8. The maximum Gasteiger partial charge on any atom is 0.414 e. The predicted octanol–water partition coefficient (Wildman–Crippen LogP) is 2.08. The third-order valence-electron chi connectivity index (χ3n) is 2.67. The molecule has 0 spiro atoms. The van der Waals surface area contributed by atoms with Gasteiger partial charge in [0.1, 0.15) is 5.75 Å². The topological polar surface area (TPSA) is 68.7 Å². The number of hydrogen-bond donors (Lipinski definition) is 0. The molecule has 1 aromatic heterocycles. The average Bonchev–Trinajstić information content (AvgIpc) is 2.46. The van der Waals surface area contributed by atoms with Crippen LogP contribution < -0.4 is 4.74 Å². The number of amides is 1. The van der Waals surface area contributed by atoms with Crippen molar-refractivity contribution in [1.29, 1.82) is 0 Å². The monoisotopic (exact) mass is 274 g/mol. The van der Waals surface area contributed by atoms with Gasteiger partial charge in [0.05, 0.1) is 18.2 Å². The van der Waals surface area contributed by atoms with E-state index in [-0.39, 0.29) is 0 Å². The number of methoxy groups -OCH3 is 1. The van der Waals surface area contributed by atoms with Crippen LogP contribution in [0.2, 0.25) is 0 Å². The zero-order chi connectivity index (χ0) is 14.7. The SMILES string of the molecule is COC(=O)c1cnc2cccc(OC(=O)N(C)C)c2c1. The molecule has 6 nitrogen and oxygen atoms in total. The third kappa shape index (κ3) is 2.69. The molecule has 0 bridgehead atoms. The smallest absolute Gasteiger partial charge is 0.414 e. The fourth-order valence-corrected chi connectivity index (χ4v) is 1.63. The minimum atomic E-state index is -0.499. The van der Waals surface area contributed by atoms with E-state index in [1.807, 2.05) is 0 Å². The average molecular weight is 274 g/mol. The van der Waals surface area contributed by atoms with Crippen LogP contribution in [-0.2, 0) is 4.74 Å². The van der Waals surface area contributed by atoms with E-state index in [1.165, 1.54) is 18.2 Å². The van der Waals surface area contributed by atoms with Crippen molar-refractivity contribution in [3.63, 3.8) is 0 Å². The summed E-state index contributed by atoms with van der Waals surface area (Å²) in [5.74, 6) is -0.146. The Labute approximate surface area is 115 Å². The molecule has 6 heteroatoms. The lowest BCUT2D eigenvalue weighted by Crippen LogP contribution is -2.25. The van der Waals surface area contributed by atoms with Gasteiger partial charge in [-0.25, -0.2) is 9.59 Å². The van der Waals surface area contributed by atoms with Crippen LogP contribution in [-0.4, -0.2) is 43.2 Å². The largest absolute Gasteiger partial charge is 0.465 e. The van der Waals surface area contributed by atoms with Crippen molar-refractivity contribution in [3.8, 4) is 5.75 Å². The van der Waals surface area contributed by atoms with Gasteiger partial charge in [-0.1, -0.05) is 6.07 Å². The molecule has 2 rings (SSSR count). The second-order valence-electron chi connectivity index (χ2n) is 4.30. The van der Waals surface area contributed by atoms with Crippen molar-refractivity contribution in [3.05, 3.63) is 36.0 Å². The van der Waals surface area contributed by atoms with Gasteiger partial charge in [-0.05, 0) is 18.2 Å². The van der Waals surface area contributed by atoms with Crippen molar-refractivity contribution < 1.29 is 19.1 Å². The Morgan fingerprint density at radius 1 is 1.25 bits per heavy atom. The molecule has 0 aliphatic carbocycles. The molecule has 2 aromatic rings. The minimum Gasteiger partial charge on any atom is -0.465 e. The quantitative estimate of drug-likeness (QED) is 0.784. The predicted molar refractivity (Wildman–Crippen MR) is 72.8 cm³/mol. The molecule has 1 heterocycles. The number of hydrogen-bond acceptors (Lipinski definition) is 5. The molecule has 0 unspecified atom stereocenters. The molecule has 0 aliphatic heterocycles. The lowest BCUT2D eigenvalue weighted by Gasteiger charge is -2.12. The van der Waals surface area contributed by atoms with Crippen LogP contribution in [0.3, 0.4) is 0 Å². The van der Waals surface area contributed by atoms with E-state index in [0.29, 0.717) is 22.2 Å². The summed E-state index contributed by atoms with van der Waals surface area (Å²) in [6.45, 7) is 0. The Hall–Kier alpha value is -2.63. The molecule has 0 radical (unpaired) electrons. The lowest BCUT2D eigenvalue weighted by molar-refractivity contribution is 0.0600. The standard InChI is InChI=1S/C14H14N2O4/c1-16(2)14(18)20-12-6-4-5-11-10(12)7-9(8-15-11)13(17)19-3/h4-8H,1-3H3. The van der Waals surface area contributed by atoms with Crippen molar-refractivity contribution in [2.24, 2.45) is 0 Å². The number of carbonyl (C=O) groups excluding carboxylic acids is 2. The summed E-state index contributed by atoms with van der Waals surface area (Å²) in [6, 6.07) is 6.73. The van der Waals surface area contributed by atoms with Crippen LogP contribution in [0.25, 0.3) is 10.9 Å². The third-order valence-corrected chi connectivity index (χ3v) is 2.67. The molecule has 0 aliphatic rings. The fourth-order valence-electron chi connectivity index (χ4n) is 1.63. The van der Waals surface area contributed by atoms with E-state index in [4.69, 9.17) is 4.74 Å². The molecule has 0 saturated heterocycles. The van der Waals surface area contributed by atoms with Crippen molar-refractivity contribution in [2.75, 3.05) is 21.2 Å². The maximum atomic E-state index is 11.6. The molecule has 0 saturated carbocycles. The molecule has 0 fully saturated rings. The molecule has 0 N–H and O–H groups in total. The first-order chi connectivity index (χ1) is 9.52. The molecule has 1 aromatic carbocycles. The van der Waals surface area contributed by atoms with Gasteiger partial charge in [-0.2, -0.15) is 0 Å². The van der Waals surface area contributed by atoms with Crippen molar-refractivity contribution in [2.45, 2.75) is 0 Å². The van der Waals surface area contributed by atoms with Crippen LogP contribution in [0.1, 0.15) is 10.4 Å². The van der Waals surface area contributed by atoms with Crippen molar-refractivity contribution in [1.82, 2.24) is 9.88 Å². The molecular weight excluding hydrogens is 260 g/mol. The summed E-state index contributed by atoms with van der Waals surface area (Å²) in [5.41, 5.74) is 0.926. The Bertz CT molecular complexity index is 667. The molecule has 104 valence electrons. The first-order valence-electron chi connectivity index (χ1n) is 5.89. The fraction of sp³-hybridized carbons (Fsp3) is 0.214. The zero-order valence-corrected chi connectivity index (χ0v) is 11.4. The summed E-state index contributed by atoms with van der Waals surface area (Å²) >= 11 is 0. The van der Waals surface area contributed by atoms with Gasteiger partial charge >= 0.3 is 12.1 Å². The Morgan fingerprint density at radius 3 is 2.65 bits per heavy atom. The summed E-state index contributed by atoms with van der Waals surface area (Å²) < 4.78 is 9.90. The summed E-state index contributed by atoms with van der Waals surface area (Å²) in [7, 11) is 4.47. The number of fused-ring (bicyclic) bond motifs is 1. The molecule has 20 heavy (non-hydrogen) atoms. The number of esters is 1. The van der Waals surface area contributed by atoms with Crippen LogP contribution in [0, 0.1) is 0 Å². The Kier molecular flexibility index (Phi) is 3.84. The van der Waals surface area contributed by atoms with Crippen LogP contribution >= 0.6 is 0 Å². The Morgan fingerprint density at radius 2 is 2.00 bits per heavy atom. The van der Waals surface area contributed by atoms with Gasteiger partial charge in [0, 0.05) is 25.7 Å². The highest BCUT2D eigenvalue weighted by molar-refractivity contribution is 5.96. The van der Waals surface area contributed by atoms with E-state index >= 15 is 0 Å². The summed E-state index contributed by atoms with van der Waals surface area (Å²) in [4.78, 5) is 28.6. The number of pyridine rings is 1. The maximum absolute atomic E-state index is 11.6. The number of nitrogens with zero attached hydrogens (tertiary/aromatic N) is 2. The lowest BCUT2D eigenvalue weighted by atomic mass is 10.1. The highest BCUT2D eigenvalue weighted by atomic mass is 16.6. The Balaban J connectivity index is 2.49. The van der Waals surface area contributed by atoms with E-state index in [0.717, 1.165) is 0 Å². The van der Waals surface area contributed by atoms with Gasteiger partial charge in [0.15, 0.2) is 0 Å². The van der Waals surface area contributed by atoms with E-state index < -0.39 is 12.1 Å². The normalized spacial score (nSPS) is 10.2. The number of carbonyl (C=O) groups is 2. The zero-order valence-electron chi connectivity index (χ0n) is 11.4. The molecule has 1 amide bonds. The second kappa shape index (κ2) is 5.56. The van der Waals surface area contributed by atoms with Gasteiger partial charge in [0.25, 0.3) is 0 Å². The van der Waals surface area contributed by atoms with E-state index in [9.17, 15) is 9.59 Å². The van der Waals surface area contributed by atoms with Gasteiger partial charge in [0.2, 0.25) is 0 Å². The molecule has 0 atom stereocenters. The van der Waals surface area contributed by atoms with Gasteiger partial charge in [-0.3, -0.25) is 4.98 Å². The van der Waals surface area contributed by atoms with Gasteiger partial charge in [-0.15, -0.1) is 0 Å². The summed E-state index contributed by atoms with van der Waals surface area (Å²) in [6.07, 6.45) is 0.923. The molecular formula is C14H14N2O4. The van der Waals surface area contributed by atoms with E-state index in [2.05, 4.69) is 9.72 Å². The number of benzene rings is 1. The van der Waals surface area contributed by atoms with Crippen molar-refractivity contribution >= 4 is 23.0 Å². The first-order valence-corrected chi connectivity index (χ1v) is 5.89.